The molecule has 210 valence electrons. The summed E-state index contributed by atoms with van der Waals surface area (Å²) in [6.45, 7) is 0. The average Bonchev–Trinajstić information content (AvgIpc) is 3.50. The van der Waals surface area contributed by atoms with E-state index in [0.29, 0.717) is 17.5 Å². The van der Waals surface area contributed by atoms with E-state index in [2.05, 4.69) is 103 Å². The van der Waals surface area contributed by atoms with Crippen LogP contribution in [-0.4, -0.2) is 15.0 Å². The molecule has 0 aliphatic rings. The Balaban J connectivity index is 1.24. The molecule has 0 aliphatic carbocycles. The number of nitrogens with zero attached hydrogens (tertiary/aromatic N) is 3. The van der Waals surface area contributed by atoms with Gasteiger partial charge in [-0.25, -0.2) is 15.0 Å². The Hall–Kier alpha value is -6.13. The highest BCUT2D eigenvalue weighted by Crippen LogP contribution is 2.39. The minimum Gasteiger partial charge on any atom is -0.456 e. The number of hydrogen-bond donors (Lipinski definition) is 0. The lowest BCUT2D eigenvalue weighted by Gasteiger charge is -2.09. The Kier molecular flexibility index (Phi) is 5.78. The van der Waals surface area contributed by atoms with E-state index in [0.717, 1.165) is 55.1 Å². The van der Waals surface area contributed by atoms with E-state index < -0.39 is 0 Å². The second-order valence-electron chi connectivity index (χ2n) is 11.3. The van der Waals surface area contributed by atoms with Crippen molar-refractivity contribution in [2.24, 2.45) is 0 Å². The minimum absolute atomic E-state index is 0.617. The fourth-order valence-electron chi connectivity index (χ4n) is 6.24. The van der Waals surface area contributed by atoms with Crippen molar-refractivity contribution in [3.8, 4) is 45.3 Å². The largest absolute Gasteiger partial charge is 0.456 e. The molecule has 2 heterocycles. The lowest BCUT2D eigenvalue weighted by molar-refractivity contribution is 0.669. The van der Waals surface area contributed by atoms with Gasteiger partial charge in [-0.05, 0) is 69.1 Å². The van der Waals surface area contributed by atoms with Crippen LogP contribution in [0.25, 0.3) is 88.8 Å². The van der Waals surface area contributed by atoms with E-state index in [-0.39, 0.29) is 0 Å². The van der Waals surface area contributed by atoms with E-state index in [9.17, 15) is 0 Å². The molecule has 0 spiro atoms. The van der Waals surface area contributed by atoms with Crippen LogP contribution < -0.4 is 0 Å². The molecule has 4 nitrogen and oxygen atoms in total. The third kappa shape index (κ3) is 4.43. The maximum atomic E-state index is 6.37. The molecule has 0 saturated heterocycles. The molecule has 0 fully saturated rings. The van der Waals surface area contributed by atoms with E-state index in [1.807, 2.05) is 48.5 Å². The minimum atomic E-state index is 0.617. The Morgan fingerprint density at radius 1 is 0.356 bits per heavy atom. The molecule has 0 atom stereocenters. The van der Waals surface area contributed by atoms with Gasteiger partial charge in [-0.3, -0.25) is 0 Å². The van der Waals surface area contributed by atoms with Crippen molar-refractivity contribution in [3.05, 3.63) is 152 Å². The quantitative estimate of drug-likeness (QED) is 0.209. The van der Waals surface area contributed by atoms with E-state index in [4.69, 9.17) is 19.4 Å². The first-order valence-electron chi connectivity index (χ1n) is 15.0. The zero-order chi connectivity index (χ0) is 29.7. The molecular formula is C41H25N3O. The van der Waals surface area contributed by atoms with Gasteiger partial charge in [0.25, 0.3) is 0 Å². The Morgan fingerprint density at radius 3 is 1.62 bits per heavy atom. The summed E-state index contributed by atoms with van der Waals surface area (Å²) < 4.78 is 6.37. The summed E-state index contributed by atoms with van der Waals surface area (Å²) in [5.41, 5.74) is 6.75. The molecule has 9 aromatic rings. The lowest BCUT2D eigenvalue weighted by atomic mass is 9.96. The number of rotatable bonds is 4. The highest BCUT2D eigenvalue weighted by atomic mass is 16.3. The fourth-order valence-corrected chi connectivity index (χ4v) is 6.24. The molecule has 4 heteroatoms. The van der Waals surface area contributed by atoms with Crippen LogP contribution >= 0.6 is 0 Å². The molecular weight excluding hydrogens is 550 g/mol. The smallest absolute Gasteiger partial charge is 0.164 e. The Labute approximate surface area is 259 Å². The van der Waals surface area contributed by atoms with Gasteiger partial charge in [-0.15, -0.1) is 0 Å². The van der Waals surface area contributed by atoms with Crippen molar-refractivity contribution < 1.29 is 4.42 Å². The van der Waals surface area contributed by atoms with E-state index in [1.54, 1.807) is 0 Å². The van der Waals surface area contributed by atoms with Gasteiger partial charge in [0.1, 0.15) is 11.2 Å². The van der Waals surface area contributed by atoms with Crippen LogP contribution in [0.4, 0.5) is 0 Å². The second kappa shape index (κ2) is 10.2. The van der Waals surface area contributed by atoms with Crippen LogP contribution in [0.5, 0.6) is 0 Å². The summed E-state index contributed by atoms with van der Waals surface area (Å²) in [5, 5.41) is 6.86. The molecule has 0 aliphatic heterocycles. The van der Waals surface area contributed by atoms with Gasteiger partial charge >= 0.3 is 0 Å². The van der Waals surface area contributed by atoms with Gasteiger partial charge in [-0.1, -0.05) is 115 Å². The van der Waals surface area contributed by atoms with Crippen LogP contribution in [0.2, 0.25) is 0 Å². The van der Waals surface area contributed by atoms with Crippen molar-refractivity contribution in [3.63, 3.8) is 0 Å². The predicted octanol–water partition coefficient (Wildman–Crippen LogP) is 10.7. The Morgan fingerprint density at radius 2 is 0.911 bits per heavy atom. The first-order valence-corrected chi connectivity index (χ1v) is 15.0. The van der Waals surface area contributed by atoms with Gasteiger partial charge in [0.2, 0.25) is 0 Å². The third-order valence-corrected chi connectivity index (χ3v) is 8.49. The molecule has 2 aromatic heterocycles. The van der Waals surface area contributed by atoms with Crippen LogP contribution in [-0.2, 0) is 0 Å². The third-order valence-electron chi connectivity index (χ3n) is 8.49. The van der Waals surface area contributed by atoms with Crippen LogP contribution in [0.3, 0.4) is 0 Å². The van der Waals surface area contributed by atoms with Crippen LogP contribution in [0, 0.1) is 0 Å². The maximum absolute atomic E-state index is 6.37. The SMILES string of the molecule is c1ccc(-c2nc(-c3ccc4ccccc4c3)nc(-c3ccc4oc5cccc(-c6ccc7ccccc7c6)c5c4c3)n2)cc1. The summed E-state index contributed by atoms with van der Waals surface area (Å²) in [6, 6.07) is 52.3. The van der Waals surface area contributed by atoms with Crippen molar-refractivity contribution in [2.75, 3.05) is 0 Å². The first kappa shape index (κ1) is 25.4. The molecule has 45 heavy (non-hydrogen) atoms. The topological polar surface area (TPSA) is 51.8 Å². The molecule has 0 N–H and O–H groups in total. The fraction of sp³-hybridized carbons (Fsp3) is 0. The molecule has 9 rings (SSSR count). The number of aromatic nitrogens is 3. The highest BCUT2D eigenvalue weighted by Gasteiger charge is 2.17. The molecule has 0 radical (unpaired) electrons. The van der Waals surface area contributed by atoms with Gasteiger partial charge in [0, 0.05) is 27.5 Å². The summed E-state index contributed by atoms with van der Waals surface area (Å²) >= 11 is 0. The van der Waals surface area contributed by atoms with Gasteiger partial charge < -0.3 is 4.42 Å². The average molecular weight is 576 g/mol. The summed E-state index contributed by atoms with van der Waals surface area (Å²) in [5.74, 6) is 1.89. The second-order valence-corrected chi connectivity index (χ2v) is 11.3. The first-order chi connectivity index (χ1) is 22.3. The lowest BCUT2D eigenvalue weighted by Crippen LogP contribution is -2.00. The monoisotopic (exact) mass is 575 g/mol. The Bertz CT molecular complexity index is 2550. The summed E-state index contributed by atoms with van der Waals surface area (Å²) in [6.07, 6.45) is 0. The summed E-state index contributed by atoms with van der Waals surface area (Å²) in [7, 11) is 0. The zero-order valence-corrected chi connectivity index (χ0v) is 24.2. The molecule has 0 saturated carbocycles. The van der Waals surface area contributed by atoms with Gasteiger partial charge in [0.05, 0.1) is 0 Å². The van der Waals surface area contributed by atoms with Crippen molar-refractivity contribution >= 4 is 43.5 Å². The maximum Gasteiger partial charge on any atom is 0.164 e. The number of hydrogen-bond acceptors (Lipinski definition) is 4. The molecule has 0 unspecified atom stereocenters. The van der Waals surface area contributed by atoms with Crippen LogP contribution in [0.15, 0.2) is 156 Å². The molecule has 0 bridgehead atoms. The number of benzene rings is 7. The highest BCUT2D eigenvalue weighted by molar-refractivity contribution is 6.13. The zero-order valence-electron chi connectivity index (χ0n) is 24.2. The van der Waals surface area contributed by atoms with Crippen molar-refractivity contribution in [2.45, 2.75) is 0 Å². The van der Waals surface area contributed by atoms with Crippen molar-refractivity contribution in [1.82, 2.24) is 15.0 Å². The molecule has 0 amide bonds. The molecule has 7 aromatic carbocycles. The van der Waals surface area contributed by atoms with E-state index >= 15 is 0 Å². The standard InChI is InChI=1S/C41H25N3O/c1-2-11-28(12-3-1)39-42-40(32-20-18-27-10-5-7-14-30(27)24-32)44-41(43-39)33-21-22-36-35(25-33)38-34(15-8-16-37(38)45-36)31-19-17-26-9-4-6-13-29(26)23-31/h1-25H. The number of fused-ring (bicyclic) bond motifs is 5. The van der Waals surface area contributed by atoms with Gasteiger partial charge in [-0.2, -0.15) is 0 Å². The predicted molar refractivity (Wildman–Crippen MR) is 184 cm³/mol. The normalized spacial score (nSPS) is 11.6. The van der Waals surface area contributed by atoms with Crippen molar-refractivity contribution in [1.29, 1.82) is 0 Å². The van der Waals surface area contributed by atoms with Gasteiger partial charge in [0.15, 0.2) is 17.5 Å². The van der Waals surface area contributed by atoms with E-state index in [1.165, 1.54) is 16.2 Å². The number of furan rings is 1. The van der Waals surface area contributed by atoms with Crippen LogP contribution in [0.1, 0.15) is 0 Å². The summed E-state index contributed by atoms with van der Waals surface area (Å²) in [4.78, 5) is 15.0.